The molecule has 0 aromatic heterocycles. The molecule has 3 heterocycles. The number of carbonyl (C=O) groups is 3. The SMILES string of the molecule is C=CCCCCOC(=O)[C@@H]1[C@H]2C(=O)N([C@@H](CO)CC(C)C)C(C(=O)N(CC=C)Cc3ccccc3)C23CC[C@H]1S3. The number of ether oxygens (including phenoxy) is 1. The van der Waals surface area contributed by atoms with Gasteiger partial charge in [0, 0.05) is 18.3 Å². The molecule has 1 aromatic rings. The van der Waals surface area contributed by atoms with Gasteiger partial charge in [-0.3, -0.25) is 14.4 Å². The van der Waals surface area contributed by atoms with Crippen LogP contribution in [0.5, 0.6) is 0 Å². The molecule has 0 radical (unpaired) electrons. The molecular weight excluding hydrogens is 524 g/mol. The molecule has 2 unspecified atom stereocenters. The normalized spacial score (nSPS) is 27.5. The van der Waals surface area contributed by atoms with Gasteiger partial charge in [-0.15, -0.1) is 24.9 Å². The molecule has 3 fully saturated rings. The standard InChI is InChI=1S/C32H44N2O5S/c1-5-7-8-12-18-39-31(38)26-25-15-16-32(40-25)27(26)29(36)34(24(21-35)19-22(3)4)28(32)30(37)33(17-6-2)20-23-13-10-9-11-14-23/h5-6,9-11,13-14,22,24-28,35H,1-2,7-8,12,15-21H2,3-4H3/t24-,25-,26+,27+,28?,32?/m1/s1. The van der Waals surface area contributed by atoms with Gasteiger partial charge in [0.1, 0.15) is 6.04 Å². The third-order valence-corrected chi connectivity index (χ3v) is 10.5. The Morgan fingerprint density at radius 3 is 2.62 bits per heavy atom. The van der Waals surface area contributed by atoms with Crippen LogP contribution in [0.2, 0.25) is 0 Å². The van der Waals surface area contributed by atoms with E-state index in [-0.39, 0.29) is 35.6 Å². The molecule has 2 bridgehead atoms. The van der Waals surface area contributed by atoms with Gasteiger partial charge in [0.2, 0.25) is 11.8 Å². The summed E-state index contributed by atoms with van der Waals surface area (Å²) in [5.74, 6) is -1.66. The minimum Gasteiger partial charge on any atom is -0.465 e. The van der Waals surface area contributed by atoms with Crippen molar-refractivity contribution in [2.24, 2.45) is 17.8 Å². The number of aliphatic hydroxyl groups is 1. The summed E-state index contributed by atoms with van der Waals surface area (Å²) in [6, 6.07) is 8.53. The zero-order valence-electron chi connectivity index (χ0n) is 23.9. The summed E-state index contributed by atoms with van der Waals surface area (Å²) in [4.78, 5) is 45.7. The topological polar surface area (TPSA) is 87.1 Å². The van der Waals surface area contributed by atoms with Crippen molar-refractivity contribution < 1.29 is 24.2 Å². The van der Waals surface area contributed by atoms with Gasteiger partial charge < -0.3 is 19.6 Å². The van der Waals surface area contributed by atoms with Gasteiger partial charge in [-0.05, 0) is 50.0 Å². The monoisotopic (exact) mass is 568 g/mol. The van der Waals surface area contributed by atoms with Crippen molar-refractivity contribution in [1.29, 1.82) is 0 Å². The number of likely N-dealkylation sites (tertiary alicyclic amines) is 1. The van der Waals surface area contributed by atoms with Gasteiger partial charge in [0.25, 0.3) is 0 Å². The van der Waals surface area contributed by atoms with Gasteiger partial charge in [-0.2, -0.15) is 0 Å². The van der Waals surface area contributed by atoms with Gasteiger partial charge >= 0.3 is 5.97 Å². The maximum Gasteiger partial charge on any atom is 0.310 e. The lowest BCUT2D eigenvalue weighted by Gasteiger charge is -2.40. The van der Waals surface area contributed by atoms with Crippen LogP contribution in [0.25, 0.3) is 0 Å². The average molecular weight is 569 g/mol. The fourth-order valence-corrected chi connectivity index (χ4v) is 9.06. The molecule has 1 N–H and O–H groups in total. The summed E-state index contributed by atoms with van der Waals surface area (Å²) in [5.41, 5.74) is 0.991. The molecule has 218 valence electrons. The molecule has 3 aliphatic rings. The molecule has 4 rings (SSSR count). The number of benzene rings is 1. The highest BCUT2D eigenvalue weighted by atomic mass is 32.2. The van der Waals surface area contributed by atoms with Crippen molar-refractivity contribution >= 4 is 29.5 Å². The van der Waals surface area contributed by atoms with E-state index in [9.17, 15) is 19.5 Å². The van der Waals surface area contributed by atoms with Crippen molar-refractivity contribution in [2.45, 2.75) is 81.0 Å². The summed E-state index contributed by atoms with van der Waals surface area (Å²) in [5, 5.41) is 10.4. The van der Waals surface area contributed by atoms with E-state index in [4.69, 9.17) is 4.74 Å². The first-order chi connectivity index (χ1) is 19.3. The van der Waals surface area contributed by atoms with Gasteiger partial charge in [-0.1, -0.05) is 56.3 Å². The molecule has 0 saturated carbocycles. The largest absolute Gasteiger partial charge is 0.465 e. The third kappa shape index (κ3) is 5.89. The van der Waals surface area contributed by atoms with Crippen LogP contribution >= 0.6 is 11.8 Å². The van der Waals surface area contributed by atoms with Crippen LogP contribution in [0.4, 0.5) is 0 Å². The minimum absolute atomic E-state index is 0.0493. The Morgan fingerprint density at radius 1 is 1.23 bits per heavy atom. The zero-order chi connectivity index (χ0) is 28.9. The number of fused-ring (bicyclic) bond motifs is 1. The summed E-state index contributed by atoms with van der Waals surface area (Å²) >= 11 is 1.63. The zero-order valence-corrected chi connectivity index (χ0v) is 24.7. The fraction of sp³-hybridized carbons (Fsp3) is 0.594. The van der Waals surface area contributed by atoms with Crippen molar-refractivity contribution in [3.05, 3.63) is 61.2 Å². The molecule has 2 amide bonds. The number of hydrogen-bond donors (Lipinski definition) is 1. The summed E-state index contributed by atoms with van der Waals surface area (Å²) < 4.78 is 4.99. The molecule has 3 saturated heterocycles. The molecule has 1 aromatic carbocycles. The highest BCUT2D eigenvalue weighted by molar-refractivity contribution is 8.02. The quantitative estimate of drug-likeness (QED) is 0.189. The number of amides is 2. The Morgan fingerprint density at radius 2 is 1.98 bits per heavy atom. The number of nitrogens with zero attached hydrogens (tertiary/aromatic N) is 2. The predicted octanol–water partition coefficient (Wildman–Crippen LogP) is 4.60. The number of hydrogen-bond acceptors (Lipinski definition) is 6. The average Bonchev–Trinajstić information content (AvgIpc) is 3.59. The maximum absolute atomic E-state index is 14.5. The van der Waals surface area contributed by atoms with Crippen LogP contribution in [0, 0.1) is 17.8 Å². The Kier molecular flexibility index (Phi) is 10.2. The van der Waals surface area contributed by atoms with Crippen LogP contribution in [-0.2, 0) is 25.7 Å². The molecule has 40 heavy (non-hydrogen) atoms. The molecule has 7 nitrogen and oxygen atoms in total. The summed E-state index contributed by atoms with van der Waals surface area (Å²) in [7, 11) is 0. The Labute approximate surface area is 243 Å². The molecular formula is C32H44N2O5S. The molecule has 3 aliphatic heterocycles. The van der Waals surface area contributed by atoms with E-state index in [1.807, 2.05) is 50.3 Å². The van der Waals surface area contributed by atoms with Crippen LogP contribution < -0.4 is 0 Å². The van der Waals surface area contributed by atoms with Crippen molar-refractivity contribution in [3.63, 3.8) is 0 Å². The highest BCUT2D eigenvalue weighted by Crippen LogP contribution is 2.67. The van der Waals surface area contributed by atoms with Crippen LogP contribution in [0.1, 0.15) is 57.9 Å². The van der Waals surface area contributed by atoms with Crippen LogP contribution in [0.15, 0.2) is 55.6 Å². The number of unbranched alkanes of at least 4 members (excludes halogenated alkanes) is 2. The van der Waals surface area contributed by atoms with Gasteiger partial charge in [0.05, 0.1) is 35.8 Å². The second-order valence-corrected chi connectivity index (χ2v) is 13.3. The smallest absolute Gasteiger partial charge is 0.310 e. The van der Waals surface area contributed by atoms with Crippen molar-refractivity contribution in [3.8, 4) is 0 Å². The van der Waals surface area contributed by atoms with E-state index < -0.39 is 28.7 Å². The third-order valence-electron chi connectivity index (χ3n) is 8.52. The summed E-state index contributed by atoms with van der Waals surface area (Å²) in [6.45, 7) is 12.5. The first-order valence-corrected chi connectivity index (χ1v) is 15.5. The maximum atomic E-state index is 14.5. The lowest BCUT2D eigenvalue weighted by molar-refractivity contribution is -0.154. The first kappa shape index (κ1) is 30.4. The summed E-state index contributed by atoms with van der Waals surface area (Å²) in [6.07, 6.45) is 8.08. The van der Waals surface area contributed by atoms with E-state index in [0.29, 0.717) is 32.5 Å². The second-order valence-electron chi connectivity index (χ2n) is 11.7. The van der Waals surface area contributed by atoms with E-state index in [0.717, 1.165) is 31.2 Å². The van der Waals surface area contributed by atoms with Gasteiger partial charge in [-0.25, -0.2) is 0 Å². The number of rotatable bonds is 15. The number of allylic oxidation sites excluding steroid dienone is 1. The van der Waals surface area contributed by atoms with Crippen molar-refractivity contribution in [1.82, 2.24) is 9.80 Å². The fourth-order valence-electron chi connectivity index (χ4n) is 6.88. The first-order valence-electron chi connectivity index (χ1n) is 14.6. The highest BCUT2D eigenvalue weighted by Gasteiger charge is 2.74. The predicted molar refractivity (Wildman–Crippen MR) is 158 cm³/mol. The Balaban J connectivity index is 1.68. The Hall–Kier alpha value is -2.58. The van der Waals surface area contributed by atoms with Crippen LogP contribution in [0.3, 0.4) is 0 Å². The van der Waals surface area contributed by atoms with E-state index in [1.54, 1.807) is 27.6 Å². The molecule has 8 heteroatoms. The second kappa shape index (κ2) is 13.4. The number of thioether (sulfide) groups is 1. The lowest BCUT2D eigenvalue weighted by atomic mass is 9.71. The van der Waals surface area contributed by atoms with E-state index in [1.165, 1.54) is 0 Å². The molecule has 0 aliphatic carbocycles. The van der Waals surface area contributed by atoms with E-state index in [2.05, 4.69) is 13.2 Å². The number of esters is 1. The Bertz CT molecular complexity index is 1080. The molecule has 1 spiro atoms. The van der Waals surface area contributed by atoms with Gasteiger partial charge in [0.15, 0.2) is 0 Å². The van der Waals surface area contributed by atoms with Crippen LogP contribution in [-0.4, -0.2) is 74.5 Å². The number of carbonyl (C=O) groups excluding carboxylic acids is 3. The lowest BCUT2D eigenvalue weighted by Crippen LogP contribution is -2.57. The minimum atomic E-state index is -0.759. The number of aliphatic hydroxyl groups excluding tert-OH is 1. The molecule has 6 atom stereocenters. The van der Waals surface area contributed by atoms with Crippen molar-refractivity contribution in [2.75, 3.05) is 19.8 Å². The van der Waals surface area contributed by atoms with E-state index >= 15 is 0 Å².